The molecule has 0 fully saturated rings. The van der Waals surface area contributed by atoms with Crippen LogP contribution < -0.4 is 11.3 Å². The van der Waals surface area contributed by atoms with Crippen molar-refractivity contribution >= 4 is 17.0 Å². The van der Waals surface area contributed by atoms with E-state index in [0.29, 0.717) is 16.7 Å². The van der Waals surface area contributed by atoms with Gasteiger partial charge in [-0.15, -0.1) is 0 Å². The summed E-state index contributed by atoms with van der Waals surface area (Å²) in [6, 6.07) is 7.24. The highest BCUT2D eigenvalue weighted by Crippen LogP contribution is 2.07. The second-order valence-corrected chi connectivity index (χ2v) is 4.62. The fourth-order valence-corrected chi connectivity index (χ4v) is 1.48. The second kappa shape index (κ2) is 4.14. The topological polar surface area (TPSA) is 71.8 Å². The van der Waals surface area contributed by atoms with E-state index in [-0.39, 0.29) is 5.56 Å². The highest BCUT2D eigenvalue weighted by molar-refractivity contribution is 5.77. The minimum Gasteiger partial charge on any atom is -0.322 e. The van der Waals surface area contributed by atoms with Crippen LogP contribution in [0.3, 0.4) is 0 Å². The standard InChI is InChI=1S/C13H15N3O/c1-13(2,14)8-7-11-15-10-6-4-3-5-9(10)12(17)16-11/h3-8H,14H2,1-2H3,(H,15,16,17). The van der Waals surface area contributed by atoms with Crippen molar-refractivity contribution in [3.8, 4) is 0 Å². The van der Waals surface area contributed by atoms with Crippen molar-refractivity contribution in [3.63, 3.8) is 0 Å². The Balaban J connectivity index is 2.51. The van der Waals surface area contributed by atoms with E-state index >= 15 is 0 Å². The Morgan fingerprint density at radius 3 is 2.76 bits per heavy atom. The van der Waals surface area contributed by atoms with Crippen molar-refractivity contribution < 1.29 is 0 Å². The van der Waals surface area contributed by atoms with E-state index < -0.39 is 5.54 Å². The Hall–Kier alpha value is -1.94. The average molecular weight is 229 g/mol. The first-order valence-electron chi connectivity index (χ1n) is 5.43. The second-order valence-electron chi connectivity index (χ2n) is 4.62. The minimum atomic E-state index is -0.426. The summed E-state index contributed by atoms with van der Waals surface area (Å²) >= 11 is 0. The molecular formula is C13H15N3O. The fraction of sp³-hybridized carbons (Fsp3) is 0.231. The van der Waals surface area contributed by atoms with Gasteiger partial charge in [0.1, 0.15) is 5.82 Å². The first-order valence-corrected chi connectivity index (χ1v) is 5.43. The molecule has 1 aromatic carbocycles. The van der Waals surface area contributed by atoms with E-state index in [4.69, 9.17) is 5.73 Å². The number of benzene rings is 1. The molecule has 1 heterocycles. The Morgan fingerprint density at radius 2 is 2.06 bits per heavy atom. The van der Waals surface area contributed by atoms with Crippen molar-refractivity contribution in [1.29, 1.82) is 0 Å². The molecule has 0 amide bonds. The summed E-state index contributed by atoms with van der Waals surface area (Å²) < 4.78 is 0. The van der Waals surface area contributed by atoms with Crippen LogP contribution in [0.25, 0.3) is 17.0 Å². The number of nitrogens with one attached hydrogen (secondary N) is 1. The fourth-order valence-electron chi connectivity index (χ4n) is 1.48. The summed E-state index contributed by atoms with van der Waals surface area (Å²) in [7, 11) is 0. The van der Waals surface area contributed by atoms with E-state index in [9.17, 15) is 4.79 Å². The lowest BCUT2D eigenvalue weighted by Gasteiger charge is -2.11. The number of hydrogen-bond donors (Lipinski definition) is 2. The van der Waals surface area contributed by atoms with Crippen molar-refractivity contribution in [1.82, 2.24) is 9.97 Å². The quantitative estimate of drug-likeness (QED) is 0.822. The van der Waals surface area contributed by atoms with Crippen LogP contribution in [0.5, 0.6) is 0 Å². The van der Waals surface area contributed by atoms with E-state index in [1.165, 1.54) is 0 Å². The maximum absolute atomic E-state index is 11.8. The van der Waals surface area contributed by atoms with E-state index in [0.717, 1.165) is 0 Å². The molecule has 4 nitrogen and oxygen atoms in total. The van der Waals surface area contributed by atoms with Crippen LogP contribution in [0.1, 0.15) is 19.7 Å². The molecule has 88 valence electrons. The molecule has 2 rings (SSSR count). The molecule has 0 bridgehead atoms. The summed E-state index contributed by atoms with van der Waals surface area (Å²) in [4.78, 5) is 18.8. The Morgan fingerprint density at radius 1 is 1.35 bits per heavy atom. The number of H-pyrrole nitrogens is 1. The number of nitrogens with two attached hydrogens (primary N) is 1. The smallest absolute Gasteiger partial charge is 0.259 e. The van der Waals surface area contributed by atoms with Gasteiger partial charge < -0.3 is 10.7 Å². The van der Waals surface area contributed by atoms with Crippen molar-refractivity contribution in [3.05, 3.63) is 46.5 Å². The summed E-state index contributed by atoms with van der Waals surface area (Å²) in [6.07, 6.45) is 3.54. The zero-order valence-corrected chi connectivity index (χ0v) is 9.90. The van der Waals surface area contributed by atoms with Gasteiger partial charge in [0, 0.05) is 5.54 Å². The lowest BCUT2D eigenvalue weighted by atomic mass is 10.1. The average Bonchev–Trinajstić information content (AvgIpc) is 2.26. The molecule has 0 unspecified atom stereocenters. The Kier molecular flexibility index (Phi) is 2.81. The van der Waals surface area contributed by atoms with Gasteiger partial charge >= 0.3 is 0 Å². The number of fused-ring (bicyclic) bond motifs is 1. The van der Waals surface area contributed by atoms with Gasteiger partial charge in [0.2, 0.25) is 0 Å². The molecule has 3 N–H and O–H groups in total. The molecule has 0 atom stereocenters. The van der Waals surface area contributed by atoms with Crippen LogP contribution in [-0.4, -0.2) is 15.5 Å². The molecular weight excluding hydrogens is 214 g/mol. The van der Waals surface area contributed by atoms with Gasteiger partial charge in [-0.2, -0.15) is 0 Å². The van der Waals surface area contributed by atoms with Crippen LogP contribution in [0.15, 0.2) is 35.1 Å². The molecule has 2 aromatic rings. The SMILES string of the molecule is CC(C)(N)C=Cc1nc2ccccc2c(=O)[nH]1. The van der Waals surface area contributed by atoms with Crippen LogP contribution >= 0.6 is 0 Å². The number of nitrogens with zero attached hydrogens (tertiary/aromatic N) is 1. The molecule has 0 aliphatic heterocycles. The van der Waals surface area contributed by atoms with Gasteiger partial charge in [-0.3, -0.25) is 4.79 Å². The monoisotopic (exact) mass is 229 g/mol. The minimum absolute atomic E-state index is 0.134. The van der Waals surface area contributed by atoms with Crippen molar-refractivity contribution in [2.75, 3.05) is 0 Å². The predicted octanol–water partition coefficient (Wildman–Crippen LogP) is 1.67. The maximum atomic E-state index is 11.8. The number of rotatable bonds is 2. The molecule has 0 aliphatic rings. The lowest BCUT2D eigenvalue weighted by molar-refractivity contribution is 0.657. The zero-order chi connectivity index (χ0) is 12.5. The van der Waals surface area contributed by atoms with Crippen molar-refractivity contribution in [2.45, 2.75) is 19.4 Å². The Labute approximate surface area is 99.2 Å². The number of aromatic nitrogens is 2. The molecule has 0 spiro atoms. The molecule has 17 heavy (non-hydrogen) atoms. The number of hydrogen-bond acceptors (Lipinski definition) is 3. The third-order valence-electron chi connectivity index (χ3n) is 2.30. The van der Waals surface area contributed by atoms with Crippen LogP contribution in [-0.2, 0) is 0 Å². The summed E-state index contributed by atoms with van der Waals surface area (Å²) in [5.74, 6) is 0.521. The highest BCUT2D eigenvalue weighted by Gasteiger charge is 2.05. The first kappa shape index (κ1) is 11.5. The normalized spacial score (nSPS) is 12.4. The van der Waals surface area contributed by atoms with E-state index in [2.05, 4.69) is 9.97 Å². The van der Waals surface area contributed by atoms with E-state index in [1.807, 2.05) is 32.0 Å². The molecule has 4 heteroatoms. The van der Waals surface area contributed by atoms with Gasteiger partial charge in [-0.1, -0.05) is 18.2 Å². The van der Waals surface area contributed by atoms with Crippen molar-refractivity contribution in [2.24, 2.45) is 5.73 Å². The summed E-state index contributed by atoms with van der Waals surface area (Å²) in [5.41, 5.74) is 5.95. The van der Waals surface area contributed by atoms with Gasteiger partial charge in [0.15, 0.2) is 0 Å². The Bertz CT molecular complexity index is 620. The van der Waals surface area contributed by atoms with Gasteiger partial charge in [0.05, 0.1) is 10.9 Å². The van der Waals surface area contributed by atoms with Gasteiger partial charge in [0.25, 0.3) is 5.56 Å². The largest absolute Gasteiger partial charge is 0.322 e. The maximum Gasteiger partial charge on any atom is 0.259 e. The van der Waals surface area contributed by atoms with Crippen LogP contribution in [0, 0.1) is 0 Å². The number of para-hydroxylation sites is 1. The molecule has 1 aromatic heterocycles. The third kappa shape index (κ3) is 2.79. The molecule has 0 aliphatic carbocycles. The summed E-state index contributed by atoms with van der Waals surface area (Å²) in [5, 5.41) is 0.594. The third-order valence-corrected chi connectivity index (χ3v) is 2.30. The van der Waals surface area contributed by atoms with Crippen LogP contribution in [0.2, 0.25) is 0 Å². The molecule has 0 saturated heterocycles. The number of aromatic amines is 1. The zero-order valence-electron chi connectivity index (χ0n) is 9.90. The highest BCUT2D eigenvalue weighted by atomic mass is 16.1. The van der Waals surface area contributed by atoms with Gasteiger partial charge in [-0.25, -0.2) is 4.98 Å². The summed E-state index contributed by atoms with van der Waals surface area (Å²) in [6.45, 7) is 3.76. The van der Waals surface area contributed by atoms with Gasteiger partial charge in [-0.05, 0) is 32.1 Å². The predicted molar refractivity (Wildman–Crippen MR) is 69.7 cm³/mol. The van der Waals surface area contributed by atoms with E-state index in [1.54, 1.807) is 18.2 Å². The van der Waals surface area contributed by atoms with Crippen LogP contribution in [0.4, 0.5) is 0 Å². The molecule has 0 saturated carbocycles. The first-order chi connectivity index (χ1) is 7.96. The molecule has 0 radical (unpaired) electrons. The lowest BCUT2D eigenvalue weighted by Crippen LogP contribution is -2.28.